The molecule has 1 atom stereocenters. The summed E-state index contributed by atoms with van der Waals surface area (Å²) >= 11 is 1.32. The van der Waals surface area contributed by atoms with E-state index in [1.807, 2.05) is 0 Å². The minimum absolute atomic E-state index is 0.103. The van der Waals surface area contributed by atoms with Gasteiger partial charge in [-0.2, -0.15) is 0 Å². The van der Waals surface area contributed by atoms with Crippen LogP contribution < -0.4 is 10.6 Å². The van der Waals surface area contributed by atoms with Crippen molar-refractivity contribution in [1.82, 2.24) is 15.2 Å². The van der Waals surface area contributed by atoms with Gasteiger partial charge in [0, 0.05) is 42.4 Å². The minimum atomic E-state index is -0.591. The number of benzene rings is 1. The molecule has 1 aliphatic rings. The summed E-state index contributed by atoms with van der Waals surface area (Å²) in [5.41, 5.74) is -0.0968. The van der Waals surface area contributed by atoms with Gasteiger partial charge in [0.15, 0.2) is 5.13 Å². The second-order valence-electron chi connectivity index (χ2n) is 6.50. The molecule has 2 heterocycles. The molecule has 1 aromatic carbocycles. The van der Waals surface area contributed by atoms with Crippen LogP contribution in [0.5, 0.6) is 0 Å². The molecule has 1 aliphatic heterocycles. The molecule has 3 amide bonds. The molecule has 2 N–H and O–H groups in total. The number of anilines is 1. The Hall–Kier alpha value is -3.34. The summed E-state index contributed by atoms with van der Waals surface area (Å²) in [5, 5.41) is 18.3. The third-order valence-electron chi connectivity index (χ3n) is 4.53. The molecule has 29 heavy (non-hydrogen) atoms. The summed E-state index contributed by atoms with van der Waals surface area (Å²) in [4.78, 5) is 52.8. The molecule has 152 valence electrons. The summed E-state index contributed by atoms with van der Waals surface area (Å²) in [6, 6.07) is 5.28. The Bertz CT molecular complexity index is 917. The fourth-order valence-electron chi connectivity index (χ4n) is 3.04. The normalized spacial score (nSPS) is 16.1. The molecule has 1 aromatic heterocycles. The number of carbonyl (C=O) groups is 3. The van der Waals surface area contributed by atoms with Gasteiger partial charge < -0.3 is 15.5 Å². The average Bonchev–Trinajstić information content (AvgIpc) is 3.25. The van der Waals surface area contributed by atoms with E-state index in [-0.39, 0.29) is 42.1 Å². The number of nitrogens with zero attached hydrogens (tertiary/aromatic N) is 3. The number of likely N-dealkylation sites (tertiary alicyclic amines) is 1. The number of aromatic nitrogens is 1. The maximum absolute atomic E-state index is 12.5. The van der Waals surface area contributed by atoms with Crippen LogP contribution in [0.25, 0.3) is 0 Å². The number of nitrogens with one attached hydrogen (secondary N) is 2. The summed E-state index contributed by atoms with van der Waals surface area (Å²) < 4.78 is 0. The zero-order chi connectivity index (χ0) is 20.8. The first-order chi connectivity index (χ1) is 13.9. The zero-order valence-corrected chi connectivity index (χ0v) is 16.2. The highest BCUT2D eigenvalue weighted by Crippen LogP contribution is 2.20. The fraction of sp³-hybridized carbons (Fsp3) is 0.333. The van der Waals surface area contributed by atoms with Gasteiger partial charge in [0.1, 0.15) is 0 Å². The van der Waals surface area contributed by atoms with Crippen LogP contribution in [0, 0.1) is 16.0 Å². The number of amides is 3. The first kappa shape index (κ1) is 20.4. The number of nitro groups is 1. The molecular weight excluding hydrogens is 398 g/mol. The van der Waals surface area contributed by atoms with Crippen LogP contribution in [0.1, 0.15) is 23.2 Å². The van der Waals surface area contributed by atoms with E-state index in [4.69, 9.17) is 0 Å². The standard InChI is InChI=1S/C18H19N5O5S/c24-15(10-20-16(25)12-3-1-5-14(9-12)23(27)28)22-7-2-4-13(11-22)17(26)21-18-19-6-8-29-18/h1,3,5-6,8-9,13H,2,4,7,10-11H2,(H,20,25)(H,19,21,26). The molecule has 10 nitrogen and oxygen atoms in total. The van der Waals surface area contributed by atoms with E-state index in [0.29, 0.717) is 24.5 Å². The van der Waals surface area contributed by atoms with E-state index >= 15 is 0 Å². The summed E-state index contributed by atoms with van der Waals surface area (Å²) in [7, 11) is 0. The van der Waals surface area contributed by atoms with Crippen LogP contribution in [0.2, 0.25) is 0 Å². The van der Waals surface area contributed by atoms with Crippen molar-refractivity contribution < 1.29 is 19.3 Å². The van der Waals surface area contributed by atoms with Gasteiger partial charge in [-0.15, -0.1) is 11.3 Å². The third-order valence-corrected chi connectivity index (χ3v) is 5.22. The van der Waals surface area contributed by atoms with Crippen LogP contribution in [-0.4, -0.2) is 52.2 Å². The SMILES string of the molecule is O=C(NCC(=O)N1CCCC(C(=O)Nc2nccs2)C1)c1cccc([N+](=O)[O-])c1. The molecule has 1 saturated heterocycles. The first-order valence-corrected chi connectivity index (χ1v) is 9.83. The highest BCUT2D eigenvalue weighted by atomic mass is 32.1. The van der Waals surface area contributed by atoms with Crippen LogP contribution in [0.15, 0.2) is 35.8 Å². The molecule has 3 rings (SSSR count). The number of carbonyl (C=O) groups excluding carboxylic acids is 3. The number of non-ortho nitro benzene ring substituents is 1. The number of piperidine rings is 1. The summed E-state index contributed by atoms with van der Waals surface area (Å²) in [5.74, 6) is -1.41. The molecule has 0 saturated carbocycles. The average molecular weight is 417 g/mol. The highest BCUT2D eigenvalue weighted by molar-refractivity contribution is 7.13. The lowest BCUT2D eigenvalue weighted by atomic mass is 9.97. The fourth-order valence-corrected chi connectivity index (χ4v) is 3.57. The smallest absolute Gasteiger partial charge is 0.270 e. The quantitative estimate of drug-likeness (QED) is 0.542. The molecule has 0 spiro atoms. The molecule has 1 unspecified atom stereocenters. The molecule has 0 radical (unpaired) electrons. The number of hydrogen-bond acceptors (Lipinski definition) is 7. The van der Waals surface area contributed by atoms with Gasteiger partial charge in [-0.25, -0.2) is 4.98 Å². The number of nitro benzene ring substituents is 1. The topological polar surface area (TPSA) is 135 Å². The third kappa shape index (κ3) is 5.35. The van der Waals surface area contributed by atoms with E-state index in [9.17, 15) is 24.5 Å². The Morgan fingerprint density at radius 2 is 2.17 bits per heavy atom. The van der Waals surface area contributed by atoms with Crippen LogP contribution in [0.4, 0.5) is 10.8 Å². The number of hydrogen-bond donors (Lipinski definition) is 2. The lowest BCUT2D eigenvalue weighted by Gasteiger charge is -2.32. The summed E-state index contributed by atoms with van der Waals surface area (Å²) in [6.07, 6.45) is 2.95. The van der Waals surface area contributed by atoms with E-state index in [1.165, 1.54) is 29.5 Å². The van der Waals surface area contributed by atoms with Crippen molar-refractivity contribution in [2.45, 2.75) is 12.8 Å². The maximum Gasteiger partial charge on any atom is 0.270 e. The van der Waals surface area contributed by atoms with Crippen molar-refractivity contribution >= 4 is 39.9 Å². The van der Waals surface area contributed by atoms with E-state index in [0.717, 1.165) is 6.07 Å². The Labute approximate surface area is 170 Å². The molecule has 11 heteroatoms. The van der Waals surface area contributed by atoms with Gasteiger partial charge in [0.2, 0.25) is 11.8 Å². The monoisotopic (exact) mass is 417 g/mol. The summed E-state index contributed by atoms with van der Waals surface area (Å²) in [6.45, 7) is 0.525. The van der Waals surface area contributed by atoms with Crippen LogP contribution >= 0.6 is 11.3 Å². The van der Waals surface area contributed by atoms with Gasteiger partial charge in [-0.1, -0.05) is 6.07 Å². The zero-order valence-electron chi connectivity index (χ0n) is 15.4. The maximum atomic E-state index is 12.5. The van der Waals surface area contributed by atoms with Crippen molar-refractivity contribution in [3.05, 3.63) is 51.5 Å². The van der Waals surface area contributed by atoms with E-state index in [1.54, 1.807) is 16.5 Å². The Kier molecular flexibility index (Phi) is 6.50. The number of thiazole rings is 1. The van der Waals surface area contributed by atoms with Crippen molar-refractivity contribution in [3.63, 3.8) is 0 Å². The second kappa shape index (κ2) is 9.24. The Morgan fingerprint density at radius 1 is 1.34 bits per heavy atom. The number of rotatable bonds is 6. The lowest BCUT2D eigenvalue weighted by molar-refractivity contribution is -0.384. The molecule has 0 aliphatic carbocycles. The molecule has 0 bridgehead atoms. The van der Waals surface area contributed by atoms with E-state index in [2.05, 4.69) is 15.6 Å². The van der Waals surface area contributed by atoms with Gasteiger partial charge in [0.25, 0.3) is 11.6 Å². The van der Waals surface area contributed by atoms with Crippen molar-refractivity contribution in [2.24, 2.45) is 5.92 Å². The molecule has 2 aromatic rings. The first-order valence-electron chi connectivity index (χ1n) is 8.95. The lowest BCUT2D eigenvalue weighted by Crippen LogP contribution is -2.47. The minimum Gasteiger partial charge on any atom is -0.343 e. The Morgan fingerprint density at radius 3 is 2.90 bits per heavy atom. The van der Waals surface area contributed by atoms with Crippen molar-refractivity contribution in [2.75, 3.05) is 25.0 Å². The van der Waals surface area contributed by atoms with Gasteiger partial charge >= 0.3 is 0 Å². The highest BCUT2D eigenvalue weighted by Gasteiger charge is 2.29. The van der Waals surface area contributed by atoms with Crippen LogP contribution in [-0.2, 0) is 9.59 Å². The van der Waals surface area contributed by atoms with Crippen molar-refractivity contribution in [1.29, 1.82) is 0 Å². The Balaban J connectivity index is 1.52. The van der Waals surface area contributed by atoms with Gasteiger partial charge in [-0.3, -0.25) is 24.5 Å². The largest absolute Gasteiger partial charge is 0.343 e. The van der Waals surface area contributed by atoms with Crippen molar-refractivity contribution in [3.8, 4) is 0 Å². The van der Waals surface area contributed by atoms with Gasteiger partial charge in [-0.05, 0) is 18.9 Å². The molecule has 1 fully saturated rings. The van der Waals surface area contributed by atoms with E-state index < -0.39 is 10.8 Å². The van der Waals surface area contributed by atoms with Gasteiger partial charge in [0.05, 0.1) is 17.4 Å². The predicted octanol–water partition coefficient (Wildman–Crippen LogP) is 1.66. The molecular formula is C18H19N5O5S. The second-order valence-corrected chi connectivity index (χ2v) is 7.39. The van der Waals surface area contributed by atoms with Crippen LogP contribution in [0.3, 0.4) is 0 Å². The predicted molar refractivity (Wildman–Crippen MR) is 105 cm³/mol.